The van der Waals surface area contributed by atoms with Gasteiger partial charge in [-0.3, -0.25) is 4.79 Å². The van der Waals surface area contributed by atoms with Crippen LogP contribution in [0, 0.1) is 0 Å². The molecule has 0 bridgehead atoms. The van der Waals surface area contributed by atoms with E-state index in [-0.39, 0.29) is 43.9 Å². The molecule has 0 aliphatic carbocycles. The molecule has 1 unspecified atom stereocenters. The summed E-state index contributed by atoms with van der Waals surface area (Å²) in [6.45, 7) is -1.50. The number of carbonyl (C=O) groups excluding carboxylic acids is 1. The Hall–Kier alpha value is -1.77. The minimum Gasteiger partial charge on any atom is -0.479 e. The fraction of sp³-hybridized carbons (Fsp3) is 0.375. The number of ether oxygens (including phenoxy) is 2. The van der Waals surface area contributed by atoms with E-state index in [2.05, 4.69) is 9.84 Å². The molecule has 1 atom stereocenters. The lowest BCUT2D eigenvalue weighted by Gasteiger charge is -2.19. The number of carbonyl (C=O) groups is 1. The molecule has 0 saturated heterocycles. The molecule has 0 spiro atoms. The van der Waals surface area contributed by atoms with Crippen molar-refractivity contribution in [2.45, 2.75) is 19.6 Å². The van der Waals surface area contributed by atoms with E-state index >= 15 is 0 Å². The van der Waals surface area contributed by atoms with E-state index in [1.54, 1.807) is 21.0 Å². The van der Waals surface area contributed by atoms with Crippen molar-refractivity contribution in [3.63, 3.8) is 0 Å². The Bertz CT molecular complexity index is 859. The Morgan fingerprint density at radius 2 is 1.81 bits per heavy atom. The highest BCUT2D eigenvalue weighted by molar-refractivity contribution is 6.39. The predicted octanol–water partition coefficient (Wildman–Crippen LogP) is 4.50. The van der Waals surface area contributed by atoms with Crippen molar-refractivity contribution in [1.82, 2.24) is 14.7 Å². The van der Waals surface area contributed by atoms with Gasteiger partial charge in [0.25, 0.3) is 5.91 Å². The summed E-state index contributed by atoms with van der Waals surface area (Å²) in [7, 11) is 4.58. The Morgan fingerprint density at radius 1 is 1.19 bits per heavy atom. The van der Waals surface area contributed by atoms with E-state index in [0.717, 1.165) is 4.68 Å². The number of likely N-dealkylation sites (N-methyl/N-ethyl adjacent to an activating group) is 1. The number of hydrogen-bond donors (Lipinski definition) is 0. The molecule has 0 saturated carbocycles. The molecule has 0 aliphatic heterocycles. The lowest BCUT2D eigenvalue weighted by Crippen LogP contribution is -2.35. The first-order chi connectivity index (χ1) is 12.5. The van der Waals surface area contributed by atoms with Crippen molar-refractivity contribution in [2.75, 3.05) is 14.1 Å². The van der Waals surface area contributed by atoms with E-state index in [9.17, 15) is 13.6 Å². The highest BCUT2D eigenvalue weighted by Crippen LogP contribution is 2.42. The molecule has 148 valence electrons. The van der Waals surface area contributed by atoms with E-state index in [1.807, 2.05) is 0 Å². The van der Waals surface area contributed by atoms with Gasteiger partial charge in [0, 0.05) is 26.7 Å². The second kappa shape index (κ2) is 8.50. The van der Waals surface area contributed by atoms with Crippen LogP contribution >= 0.6 is 34.8 Å². The molecule has 0 fully saturated rings. The van der Waals surface area contributed by atoms with Crippen LogP contribution in [-0.2, 0) is 11.8 Å². The normalized spacial score (nSPS) is 12.2. The van der Waals surface area contributed by atoms with Gasteiger partial charge in [0.2, 0.25) is 5.88 Å². The first-order valence-corrected chi connectivity index (χ1v) is 8.70. The van der Waals surface area contributed by atoms with Crippen LogP contribution in [0.2, 0.25) is 15.1 Å². The zero-order valence-corrected chi connectivity index (χ0v) is 17.0. The number of alkyl halides is 2. The van der Waals surface area contributed by atoms with Gasteiger partial charge in [-0.1, -0.05) is 34.8 Å². The van der Waals surface area contributed by atoms with Gasteiger partial charge in [0.15, 0.2) is 6.10 Å². The largest absolute Gasteiger partial charge is 0.479 e. The summed E-state index contributed by atoms with van der Waals surface area (Å²) < 4.78 is 36.2. The van der Waals surface area contributed by atoms with E-state index in [1.165, 1.54) is 24.1 Å². The van der Waals surface area contributed by atoms with Crippen LogP contribution in [0.3, 0.4) is 0 Å². The molecule has 1 aromatic heterocycles. The smallest absolute Gasteiger partial charge is 0.388 e. The van der Waals surface area contributed by atoms with Gasteiger partial charge in [-0.25, -0.2) is 4.68 Å². The quantitative estimate of drug-likeness (QED) is 0.661. The van der Waals surface area contributed by atoms with Crippen molar-refractivity contribution >= 4 is 40.7 Å². The van der Waals surface area contributed by atoms with E-state index in [0.29, 0.717) is 0 Å². The number of aromatic nitrogens is 2. The van der Waals surface area contributed by atoms with Crippen LogP contribution in [-0.4, -0.2) is 47.4 Å². The van der Waals surface area contributed by atoms with Crippen LogP contribution in [0.15, 0.2) is 12.1 Å². The van der Waals surface area contributed by atoms with Gasteiger partial charge in [-0.2, -0.15) is 13.9 Å². The molecule has 0 radical (unpaired) electrons. The third kappa shape index (κ3) is 4.75. The number of amides is 1. The Kier molecular flexibility index (Phi) is 6.77. The molecule has 6 nitrogen and oxygen atoms in total. The van der Waals surface area contributed by atoms with Gasteiger partial charge in [-0.15, -0.1) is 0 Å². The summed E-state index contributed by atoms with van der Waals surface area (Å²) in [5, 5.41) is 4.26. The average molecular weight is 443 g/mol. The van der Waals surface area contributed by atoms with Gasteiger partial charge in [-0.05, 0) is 19.1 Å². The maximum atomic E-state index is 12.6. The summed E-state index contributed by atoms with van der Waals surface area (Å²) in [6, 6.07) is 2.82. The lowest BCUT2D eigenvalue weighted by atomic mass is 10.1. The average Bonchev–Trinajstić information content (AvgIpc) is 2.84. The number of hydrogen-bond acceptors (Lipinski definition) is 4. The Morgan fingerprint density at radius 3 is 2.37 bits per heavy atom. The molecule has 11 heteroatoms. The van der Waals surface area contributed by atoms with Crippen LogP contribution in [0.25, 0.3) is 11.3 Å². The molecule has 0 aliphatic rings. The highest BCUT2D eigenvalue weighted by atomic mass is 35.5. The maximum absolute atomic E-state index is 12.6. The van der Waals surface area contributed by atoms with Crippen LogP contribution in [0.5, 0.6) is 11.6 Å². The third-order valence-corrected chi connectivity index (χ3v) is 4.46. The summed E-state index contributed by atoms with van der Waals surface area (Å²) in [5.41, 5.74) is 0.387. The first kappa shape index (κ1) is 21.5. The number of benzene rings is 1. The van der Waals surface area contributed by atoms with Gasteiger partial charge < -0.3 is 14.4 Å². The summed E-state index contributed by atoms with van der Waals surface area (Å²) >= 11 is 18.5. The molecular formula is C16H16Cl3F2N3O3. The topological polar surface area (TPSA) is 56.6 Å². The lowest BCUT2D eigenvalue weighted by molar-refractivity contribution is -0.135. The third-order valence-electron chi connectivity index (χ3n) is 3.51. The van der Waals surface area contributed by atoms with Crippen molar-refractivity contribution in [2.24, 2.45) is 7.05 Å². The van der Waals surface area contributed by atoms with E-state index < -0.39 is 12.7 Å². The van der Waals surface area contributed by atoms with Crippen LogP contribution in [0.4, 0.5) is 8.78 Å². The number of nitrogens with zero attached hydrogens (tertiary/aromatic N) is 3. The number of rotatable bonds is 6. The van der Waals surface area contributed by atoms with Gasteiger partial charge >= 0.3 is 6.61 Å². The summed E-state index contributed by atoms with van der Waals surface area (Å²) in [6.07, 6.45) is -0.816. The van der Waals surface area contributed by atoms with Crippen LogP contribution < -0.4 is 9.47 Å². The van der Waals surface area contributed by atoms with Crippen LogP contribution in [0.1, 0.15) is 6.92 Å². The standard InChI is InChI=1S/C16H16Cl3F2N3O3/c1-7(14(25)23(2)3)26-11-5-8(9(17)6-10(11)18)13-12(19)15(24(4)22-13)27-16(20)21/h5-7,16H,1-4H3. The van der Waals surface area contributed by atoms with Crippen molar-refractivity contribution in [1.29, 1.82) is 0 Å². The Balaban J connectivity index is 2.46. The maximum Gasteiger partial charge on any atom is 0.388 e. The molecule has 1 heterocycles. The van der Waals surface area contributed by atoms with Gasteiger partial charge in [0.1, 0.15) is 16.5 Å². The monoisotopic (exact) mass is 441 g/mol. The predicted molar refractivity (Wildman–Crippen MR) is 99.1 cm³/mol. The number of halogens is 5. The summed E-state index contributed by atoms with van der Waals surface area (Å²) in [4.78, 5) is 13.4. The van der Waals surface area contributed by atoms with Gasteiger partial charge in [0.05, 0.1) is 10.0 Å². The molecular weight excluding hydrogens is 427 g/mol. The minimum atomic E-state index is -3.07. The van der Waals surface area contributed by atoms with Crippen molar-refractivity contribution < 1.29 is 23.0 Å². The highest BCUT2D eigenvalue weighted by Gasteiger charge is 2.24. The molecule has 1 aromatic carbocycles. The SMILES string of the molecule is CC(Oc1cc(-c2nn(C)c(OC(F)F)c2Cl)c(Cl)cc1Cl)C(=O)N(C)C. The fourth-order valence-corrected chi connectivity index (χ4v) is 3.10. The molecule has 0 N–H and O–H groups in total. The second-order valence-corrected chi connectivity index (χ2v) is 6.92. The molecule has 27 heavy (non-hydrogen) atoms. The zero-order valence-electron chi connectivity index (χ0n) is 14.8. The fourth-order valence-electron chi connectivity index (χ4n) is 2.27. The zero-order chi connectivity index (χ0) is 20.5. The first-order valence-electron chi connectivity index (χ1n) is 7.57. The molecule has 1 amide bonds. The Labute approximate surface area is 169 Å². The second-order valence-electron chi connectivity index (χ2n) is 5.73. The summed E-state index contributed by atoms with van der Waals surface area (Å²) in [5.74, 6) is -0.422. The number of aryl methyl sites for hydroxylation is 1. The van der Waals surface area contributed by atoms with Crippen molar-refractivity contribution in [3.8, 4) is 22.9 Å². The van der Waals surface area contributed by atoms with E-state index in [4.69, 9.17) is 39.5 Å². The molecule has 2 aromatic rings. The molecule has 2 rings (SSSR count). The van der Waals surface area contributed by atoms with Crippen molar-refractivity contribution in [3.05, 3.63) is 27.2 Å². The minimum absolute atomic E-state index is 0.105.